The first kappa shape index (κ1) is 11.4. The van der Waals surface area contributed by atoms with Gasteiger partial charge in [-0.25, -0.2) is 4.39 Å². The average Bonchev–Trinajstić information content (AvgIpc) is 2.18. The van der Waals surface area contributed by atoms with Crippen LogP contribution in [0, 0.1) is 5.82 Å². The summed E-state index contributed by atoms with van der Waals surface area (Å²) in [4.78, 5) is 21.7. The molecule has 0 spiro atoms. The molecule has 0 aliphatic rings. The van der Waals surface area contributed by atoms with Crippen LogP contribution in [0.2, 0.25) is 0 Å². The summed E-state index contributed by atoms with van der Waals surface area (Å²) in [6.07, 6.45) is 1.02. The molecule has 0 heterocycles. The summed E-state index contributed by atoms with van der Waals surface area (Å²) in [6.45, 7) is 1.73. The van der Waals surface area contributed by atoms with Crippen LogP contribution < -0.4 is 5.32 Å². The summed E-state index contributed by atoms with van der Waals surface area (Å²) in [5, 5.41) is 2.62. The smallest absolute Gasteiger partial charge is 0.251 e. The molecule has 0 aliphatic heterocycles. The van der Waals surface area contributed by atoms with E-state index < -0.39 is 0 Å². The maximum atomic E-state index is 12.6. The molecule has 4 heteroatoms. The van der Waals surface area contributed by atoms with Gasteiger partial charge < -0.3 is 10.1 Å². The Bertz CT molecular complexity index is 348. The molecule has 1 N–H and O–H groups in total. The molecule has 1 aromatic rings. The van der Waals surface area contributed by atoms with Crippen molar-refractivity contribution in [3.63, 3.8) is 0 Å². The highest BCUT2D eigenvalue weighted by Crippen LogP contribution is 2.03. The Morgan fingerprint density at radius 3 is 2.60 bits per heavy atom. The third-order valence-electron chi connectivity index (χ3n) is 1.93. The topological polar surface area (TPSA) is 46.2 Å². The predicted molar refractivity (Wildman–Crippen MR) is 54.0 cm³/mol. The molecule has 1 rings (SSSR count). The Morgan fingerprint density at radius 2 is 2.07 bits per heavy atom. The zero-order chi connectivity index (χ0) is 11.3. The second-order valence-electron chi connectivity index (χ2n) is 3.28. The second kappa shape index (κ2) is 5.24. The molecule has 0 bridgehead atoms. The van der Waals surface area contributed by atoms with E-state index in [4.69, 9.17) is 0 Å². The Balaban J connectivity index is 2.61. The summed E-state index contributed by atoms with van der Waals surface area (Å²) >= 11 is 0. The fourth-order valence-electron chi connectivity index (χ4n) is 1.11. The number of amides is 1. The van der Waals surface area contributed by atoms with E-state index >= 15 is 0 Å². The fourth-order valence-corrected chi connectivity index (χ4v) is 1.11. The van der Waals surface area contributed by atoms with Gasteiger partial charge in [-0.15, -0.1) is 0 Å². The summed E-state index contributed by atoms with van der Waals surface area (Å²) < 4.78 is 12.6. The van der Waals surface area contributed by atoms with Crippen LogP contribution in [0.3, 0.4) is 0 Å². The van der Waals surface area contributed by atoms with Gasteiger partial charge in [-0.1, -0.05) is 0 Å². The van der Waals surface area contributed by atoms with Gasteiger partial charge in [0.05, 0.1) is 0 Å². The van der Waals surface area contributed by atoms with Crippen molar-refractivity contribution < 1.29 is 14.0 Å². The molecule has 0 radical (unpaired) electrons. The molecule has 0 aliphatic carbocycles. The molecule has 0 saturated heterocycles. The van der Waals surface area contributed by atoms with E-state index in [-0.39, 0.29) is 24.2 Å². The van der Waals surface area contributed by atoms with Crippen LogP contribution in [0.25, 0.3) is 0 Å². The number of rotatable bonds is 4. The molecule has 0 saturated carbocycles. The molecule has 0 aromatic heterocycles. The lowest BCUT2D eigenvalue weighted by Crippen LogP contribution is -2.32. The van der Waals surface area contributed by atoms with E-state index in [0.29, 0.717) is 5.56 Å². The van der Waals surface area contributed by atoms with Gasteiger partial charge in [-0.05, 0) is 31.2 Å². The number of carbonyl (C=O) groups excluding carboxylic acids is 2. The molecule has 1 amide bonds. The number of benzene rings is 1. The number of aldehydes is 1. The highest BCUT2D eigenvalue weighted by atomic mass is 19.1. The zero-order valence-electron chi connectivity index (χ0n) is 8.37. The maximum absolute atomic E-state index is 12.6. The van der Waals surface area contributed by atoms with Gasteiger partial charge in [0.2, 0.25) is 0 Å². The highest BCUT2D eigenvalue weighted by molar-refractivity contribution is 5.94. The van der Waals surface area contributed by atoms with Crippen LogP contribution in [-0.2, 0) is 4.79 Å². The lowest BCUT2D eigenvalue weighted by Gasteiger charge is -2.10. The van der Waals surface area contributed by atoms with Crippen LogP contribution in [0.15, 0.2) is 24.3 Å². The van der Waals surface area contributed by atoms with Crippen molar-refractivity contribution in [2.45, 2.75) is 19.4 Å². The molecule has 0 fully saturated rings. The number of nitrogens with one attached hydrogen (secondary N) is 1. The SMILES string of the molecule is C[C@@H](CC=O)NC(=O)c1ccc(F)cc1. The maximum Gasteiger partial charge on any atom is 0.251 e. The lowest BCUT2D eigenvalue weighted by molar-refractivity contribution is -0.108. The van der Waals surface area contributed by atoms with Crippen LogP contribution in [0.5, 0.6) is 0 Å². The number of halogens is 1. The zero-order valence-corrected chi connectivity index (χ0v) is 8.37. The van der Waals surface area contributed by atoms with E-state index in [9.17, 15) is 14.0 Å². The quantitative estimate of drug-likeness (QED) is 0.764. The van der Waals surface area contributed by atoms with Crippen LogP contribution in [0.1, 0.15) is 23.7 Å². The molecule has 80 valence electrons. The third-order valence-corrected chi connectivity index (χ3v) is 1.93. The highest BCUT2D eigenvalue weighted by Gasteiger charge is 2.08. The Hall–Kier alpha value is -1.71. The minimum atomic E-state index is -0.382. The van der Waals surface area contributed by atoms with E-state index in [1.807, 2.05) is 0 Å². The first-order chi connectivity index (χ1) is 7.13. The van der Waals surface area contributed by atoms with Crippen molar-refractivity contribution in [2.24, 2.45) is 0 Å². The molecule has 1 aromatic carbocycles. The molecule has 3 nitrogen and oxygen atoms in total. The first-order valence-corrected chi connectivity index (χ1v) is 4.63. The van der Waals surface area contributed by atoms with Gasteiger partial charge >= 0.3 is 0 Å². The Morgan fingerprint density at radius 1 is 1.47 bits per heavy atom. The Kier molecular flexibility index (Phi) is 3.97. The van der Waals surface area contributed by atoms with Gasteiger partial charge in [-0.2, -0.15) is 0 Å². The van der Waals surface area contributed by atoms with Crippen molar-refractivity contribution in [3.8, 4) is 0 Å². The lowest BCUT2D eigenvalue weighted by atomic mass is 10.2. The van der Waals surface area contributed by atoms with Crippen LogP contribution in [-0.4, -0.2) is 18.2 Å². The molecule has 1 atom stereocenters. The largest absolute Gasteiger partial charge is 0.349 e. The third kappa shape index (κ3) is 3.50. The van der Waals surface area contributed by atoms with Crippen LogP contribution >= 0.6 is 0 Å². The van der Waals surface area contributed by atoms with E-state index in [0.717, 1.165) is 6.29 Å². The van der Waals surface area contributed by atoms with Gasteiger partial charge in [0.15, 0.2) is 0 Å². The molecular weight excluding hydrogens is 197 g/mol. The minimum absolute atomic E-state index is 0.208. The van der Waals surface area contributed by atoms with Gasteiger partial charge in [0.1, 0.15) is 12.1 Å². The van der Waals surface area contributed by atoms with Crippen molar-refractivity contribution in [1.82, 2.24) is 5.32 Å². The summed E-state index contributed by atoms with van der Waals surface area (Å²) in [7, 11) is 0. The van der Waals surface area contributed by atoms with Crippen molar-refractivity contribution in [3.05, 3.63) is 35.6 Å². The van der Waals surface area contributed by atoms with Gasteiger partial charge in [-0.3, -0.25) is 4.79 Å². The first-order valence-electron chi connectivity index (χ1n) is 4.63. The summed E-state index contributed by atoms with van der Waals surface area (Å²) in [6, 6.07) is 5.04. The summed E-state index contributed by atoms with van der Waals surface area (Å²) in [5.74, 6) is -0.683. The number of carbonyl (C=O) groups is 2. The average molecular weight is 209 g/mol. The van der Waals surface area contributed by atoms with E-state index in [1.165, 1.54) is 24.3 Å². The second-order valence-corrected chi connectivity index (χ2v) is 3.28. The van der Waals surface area contributed by atoms with E-state index in [1.54, 1.807) is 6.92 Å². The Labute approximate surface area is 87.3 Å². The minimum Gasteiger partial charge on any atom is -0.349 e. The molecule has 0 unspecified atom stereocenters. The number of hydrogen-bond donors (Lipinski definition) is 1. The molecule has 15 heavy (non-hydrogen) atoms. The predicted octanol–water partition coefficient (Wildman–Crippen LogP) is 1.53. The van der Waals surface area contributed by atoms with Gasteiger partial charge in [0, 0.05) is 18.0 Å². The summed E-state index contributed by atoms with van der Waals surface area (Å²) in [5.41, 5.74) is 0.383. The molecular formula is C11H12FNO2. The monoisotopic (exact) mass is 209 g/mol. The van der Waals surface area contributed by atoms with E-state index in [2.05, 4.69) is 5.32 Å². The fraction of sp³-hybridized carbons (Fsp3) is 0.273. The van der Waals surface area contributed by atoms with Crippen LogP contribution in [0.4, 0.5) is 4.39 Å². The van der Waals surface area contributed by atoms with Gasteiger partial charge in [0.25, 0.3) is 5.91 Å². The van der Waals surface area contributed by atoms with Crippen molar-refractivity contribution in [2.75, 3.05) is 0 Å². The van der Waals surface area contributed by atoms with Crippen molar-refractivity contribution >= 4 is 12.2 Å². The normalized spacial score (nSPS) is 11.9. The number of hydrogen-bond acceptors (Lipinski definition) is 2. The standard InChI is InChI=1S/C11H12FNO2/c1-8(6-7-14)13-11(15)9-2-4-10(12)5-3-9/h2-5,7-8H,6H2,1H3,(H,13,15)/t8-/m0/s1. The van der Waals surface area contributed by atoms with Crippen molar-refractivity contribution in [1.29, 1.82) is 0 Å².